The fourth-order valence-corrected chi connectivity index (χ4v) is 2.09. The van der Waals surface area contributed by atoms with Gasteiger partial charge in [0.25, 0.3) is 5.91 Å². The first kappa shape index (κ1) is 13.5. The fourth-order valence-electron chi connectivity index (χ4n) is 2.09. The molecule has 0 spiro atoms. The lowest BCUT2D eigenvalue weighted by molar-refractivity contribution is -0.144. The van der Waals surface area contributed by atoms with Crippen LogP contribution in [0.1, 0.15) is 35.7 Å². The molecular formula is C14H18N2O3. The van der Waals surface area contributed by atoms with E-state index in [9.17, 15) is 14.7 Å². The van der Waals surface area contributed by atoms with Crippen molar-refractivity contribution < 1.29 is 14.7 Å². The Labute approximate surface area is 111 Å². The van der Waals surface area contributed by atoms with Crippen LogP contribution in [-0.2, 0) is 11.3 Å². The van der Waals surface area contributed by atoms with Crippen LogP contribution < -0.4 is 11.1 Å². The van der Waals surface area contributed by atoms with Crippen molar-refractivity contribution in [1.29, 1.82) is 0 Å². The van der Waals surface area contributed by atoms with E-state index in [2.05, 4.69) is 5.32 Å². The largest absolute Gasteiger partial charge is 0.480 e. The lowest BCUT2D eigenvalue weighted by Gasteiger charge is -2.26. The Hall–Kier alpha value is -1.88. The number of amides is 1. The summed E-state index contributed by atoms with van der Waals surface area (Å²) in [6, 6.07) is 6.85. The Bertz CT molecular complexity index is 494. The number of nitrogens with one attached hydrogen (secondary N) is 1. The van der Waals surface area contributed by atoms with Gasteiger partial charge in [0.1, 0.15) is 5.54 Å². The van der Waals surface area contributed by atoms with E-state index < -0.39 is 11.5 Å². The number of carbonyl (C=O) groups is 2. The number of carboxylic acid groups (broad SMARTS) is 1. The number of aliphatic carboxylic acids is 1. The molecule has 5 nitrogen and oxygen atoms in total. The summed E-state index contributed by atoms with van der Waals surface area (Å²) >= 11 is 0. The van der Waals surface area contributed by atoms with Crippen molar-refractivity contribution in [2.45, 2.75) is 31.8 Å². The molecule has 102 valence electrons. The first-order valence-electron chi connectivity index (χ1n) is 6.32. The number of benzene rings is 1. The Morgan fingerprint density at radius 1 is 1.37 bits per heavy atom. The second kappa shape index (κ2) is 5.01. The van der Waals surface area contributed by atoms with Gasteiger partial charge >= 0.3 is 5.97 Å². The van der Waals surface area contributed by atoms with Crippen LogP contribution in [0.4, 0.5) is 0 Å². The first-order chi connectivity index (χ1) is 8.97. The summed E-state index contributed by atoms with van der Waals surface area (Å²) in [4.78, 5) is 23.4. The molecule has 1 saturated carbocycles. The lowest BCUT2D eigenvalue weighted by Crippen LogP contribution is -2.54. The third kappa shape index (κ3) is 2.76. The number of carboxylic acids is 1. The SMILES string of the molecule is CC(NC(=O)c1ccc(CN)cc1)(C(=O)O)C1CC1. The molecular weight excluding hydrogens is 244 g/mol. The summed E-state index contributed by atoms with van der Waals surface area (Å²) in [6.07, 6.45) is 1.68. The van der Waals surface area contributed by atoms with E-state index in [1.54, 1.807) is 31.2 Å². The summed E-state index contributed by atoms with van der Waals surface area (Å²) < 4.78 is 0. The Kier molecular flexibility index (Phi) is 3.57. The van der Waals surface area contributed by atoms with E-state index in [4.69, 9.17) is 5.73 Å². The molecule has 0 heterocycles. The molecule has 1 amide bonds. The summed E-state index contributed by atoms with van der Waals surface area (Å²) in [5.74, 6) is -1.32. The van der Waals surface area contributed by atoms with Crippen molar-refractivity contribution in [2.24, 2.45) is 11.7 Å². The molecule has 1 aliphatic carbocycles. The van der Waals surface area contributed by atoms with Crippen molar-refractivity contribution in [3.05, 3.63) is 35.4 Å². The zero-order chi connectivity index (χ0) is 14.0. The number of nitrogens with two attached hydrogens (primary N) is 1. The maximum atomic E-state index is 12.1. The Balaban J connectivity index is 2.12. The molecule has 1 aromatic rings. The van der Waals surface area contributed by atoms with E-state index >= 15 is 0 Å². The summed E-state index contributed by atoms with van der Waals surface area (Å²) in [6.45, 7) is 1.98. The number of carbonyl (C=O) groups excluding carboxylic acids is 1. The van der Waals surface area contributed by atoms with Gasteiger partial charge in [-0.25, -0.2) is 4.79 Å². The van der Waals surface area contributed by atoms with Crippen molar-refractivity contribution >= 4 is 11.9 Å². The standard InChI is InChI=1S/C14H18N2O3/c1-14(13(18)19,11-6-7-11)16-12(17)10-4-2-9(8-15)3-5-10/h2-5,11H,6-8,15H2,1H3,(H,16,17)(H,18,19). The highest BCUT2D eigenvalue weighted by Crippen LogP contribution is 2.39. The molecule has 2 rings (SSSR count). The molecule has 1 aromatic carbocycles. The maximum Gasteiger partial charge on any atom is 0.329 e. The van der Waals surface area contributed by atoms with Crippen LogP contribution in [0.3, 0.4) is 0 Å². The van der Waals surface area contributed by atoms with E-state index in [1.165, 1.54) is 0 Å². The van der Waals surface area contributed by atoms with Crippen LogP contribution in [0.15, 0.2) is 24.3 Å². The normalized spacial score (nSPS) is 17.6. The van der Waals surface area contributed by atoms with Crippen LogP contribution in [0.25, 0.3) is 0 Å². The molecule has 0 saturated heterocycles. The maximum absolute atomic E-state index is 12.1. The predicted octanol–water partition coefficient (Wildman–Crippen LogP) is 1.13. The molecule has 1 unspecified atom stereocenters. The van der Waals surface area contributed by atoms with Gasteiger partial charge in [-0.1, -0.05) is 12.1 Å². The van der Waals surface area contributed by atoms with Crippen molar-refractivity contribution in [2.75, 3.05) is 0 Å². The minimum atomic E-state index is -1.18. The molecule has 0 bridgehead atoms. The highest BCUT2D eigenvalue weighted by Gasteiger charge is 2.48. The number of hydrogen-bond donors (Lipinski definition) is 3. The minimum Gasteiger partial charge on any atom is -0.480 e. The van der Waals surface area contributed by atoms with Gasteiger partial charge in [-0.2, -0.15) is 0 Å². The molecule has 1 fully saturated rings. The number of rotatable bonds is 5. The van der Waals surface area contributed by atoms with Gasteiger partial charge in [-0.3, -0.25) is 4.79 Å². The molecule has 5 heteroatoms. The summed E-state index contributed by atoms with van der Waals surface area (Å²) in [7, 11) is 0. The van der Waals surface area contributed by atoms with Gasteiger partial charge in [0.15, 0.2) is 0 Å². The van der Waals surface area contributed by atoms with E-state index in [1.807, 2.05) is 0 Å². The average Bonchev–Trinajstić information content (AvgIpc) is 3.23. The van der Waals surface area contributed by atoms with Crippen LogP contribution in [0.5, 0.6) is 0 Å². The molecule has 1 atom stereocenters. The van der Waals surface area contributed by atoms with Crippen molar-refractivity contribution in [3.63, 3.8) is 0 Å². The first-order valence-corrected chi connectivity index (χ1v) is 6.32. The predicted molar refractivity (Wildman–Crippen MR) is 70.6 cm³/mol. The van der Waals surface area contributed by atoms with E-state index in [-0.39, 0.29) is 11.8 Å². The Morgan fingerprint density at radius 2 is 1.95 bits per heavy atom. The van der Waals surface area contributed by atoms with Crippen molar-refractivity contribution in [3.8, 4) is 0 Å². The van der Waals surface area contributed by atoms with Gasteiger partial charge < -0.3 is 16.2 Å². The van der Waals surface area contributed by atoms with Crippen molar-refractivity contribution in [1.82, 2.24) is 5.32 Å². The summed E-state index contributed by atoms with van der Waals surface area (Å²) in [5, 5.41) is 11.9. The monoisotopic (exact) mass is 262 g/mol. The Morgan fingerprint density at radius 3 is 2.37 bits per heavy atom. The number of hydrogen-bond acceptors (Lipinski definition) is 3. The van der Waals surface area contributed by atoms with E-state index in [0.29, 0.717) is 12.1 Å². The second-order valence-electron chi connectivity index (χ2n) is 5.14. The average molecular weight is 262 g/mol. The molecule has 0 aromatic heterocycles. The van der Waals surface area contributed by atoms with Gasteiger partial charge in [-0.05, 0) is 43.4 Å². The van der Waals surface area contributed by atoms with Crippen LogP contribution in [-0.4, -0.2) is 22.5 Å². The van der Waals surface area contributed by atoms with E-state index in [0.717, 1.165) is 18.4 Å². The molecule has 4 N–H and O–H groups in total. The van der Waals surface area contributed by atoms with Crippen LogP contribution in [0.2, 0.25) is 0 Å². The quantitative estimate of drug-likeness (QED) is 0.741. The third-order valence-corrected chi connectivity index (χ3v) is 3.66. The molecule has 0 aliphatic heterocycles. The molecule has 19 heavy (non-hydrogen) atoms. The molecule has 1 aliphatic rings. The van der Waals surface area contributed by atoms with Crippen LogP contribution >= 0.6 is 0 Å². The third-order valence-electron chi connectivity index (χ3n) is 3.66. The minimum absolute atomic E-state index is 0.0252. The van der Waals surface area contributed by atoms with Gasteiger partial charge in [0.2, 0.25) is 0 Å². The molecule has 0 radical (unpaired) electrons. The lowest BCUT2D eigenvalue weighted by atomic mass is 9.95. The second-order valence-corrected chi connectivity index (χ2v) is 5.14. The highest BCUT2D eigenvalue weighted by molar-refractivity contribution is 5.98. The smallest absolute Gasteiger partial charge is 0.329 e. The topological polar surface area (TPSA) is 92.4 Å². The van der Waals surface area contributed by atoms with Gasteiger partial charge in [0, 0.05) is 12.1 Å². The van der Waals surface area contributed by atoms with Crippen LogP contribution in [0, 0.1) is 5.92 Å². The van der Waals surface area contributed by atoms with Gasteiger partial charge in [-0.15, -0.1) is 0 Å². The zero-order valence-electron chi connectivity index (χ0n) is 10.8. The zero-order valence-corrected chi connectivity index (χ0v) is 10.8. The summed E-state index contributed by atoms with van der Waals surface area (Å²) in [5.41, 5.74) is 5.69. The highest BCUT2D eigenvalue weighted by atomic mass is 16.4. The van der Waals surface area contributed by atoms with Gasteiger partial charge in [0.05, 0.1) is 0 Å². The fraction of sp³-hybridized carbons (Fsp3) is 0.429.